The summed E-state index contributed by atoms with van der Waals surface area (Å²) < 4.78 is 4.94. The Morgan fingerprint density at radius 1 is 1.41 bits per heavy atom. The van der Waals surface area contributed by atoms with Crippen molar-refractivity contribution in [1.82, 2.24) is 5.32 Å². The van der Waals surface area contributed by atoms with Gasteiger partial charge in [-0.05, 0) is 12.8 Å². The smallest absolute Gasteiger partial charge is 0.330 e. The molecule has 0 saturated heterocycles. The third kappa shape index (κ3) is 6.06. The Kier molecular flexibility index (Phi) is 8.05. The minimum atomic E-state index is -1.33. The summed E-state index contributed by atoms with van der Waals surface area (Å²) in [5.41, 5.74) is 0. The van der Waals surface area contributed by atoms with Gasteiger partial charge in [0.05, 0.1) is 0 Å². The Balaban J connectivity index is 4.40. The number of hydrogen-bond acceptors (Lipinski definition) is 4. The molecule has 2 unspecified atom stereocenters. The number of amides is 1. The number of aliphatic hydroxyl groups excluding tert-OH is 1. The van der Waals surface area contributed by atoms with E-state index in [0.717, 1.165) is 12.5 Å². The van der Waals surface area contributed by atoms with Crippen LogP contribution in [-0.2, 0) is 14.3 Å². The predicted molar refractivity (Wildman–Crippen MR) is 64.3 cm³/mol. The molecule has 0 rings (SSSR count). The van der Waals surface area contributed by atoms with Crippen molar-refractivity contribution in [3.05, 3.63) is 12.7 Å². The lowest BCUT2D eigenvalue weighted by Crippen LogP contribution is -2.44. The maximum atomic E-state index is 11.5. The van der Waals surface area contributed by atoms with Crippen LogP contribution in [-0.4, -0.2) is 35.7 Å². The van der Waals surface area contributed by atoms with Crippen LogP contribution in [0.2, 0.25) is 0 Å². The molecule has 98 valence electrons. The number of aliphatic hydroxyl groups is 1. The van der Waals surface area contributed by atoms with Crippen LogP contribution in [0.5, 0.6) is 0 Å². The molecule has 0 aliphatic carbocycles. The first-order chi connectivity index (χ1) is 8.06. The van der Waals surface area contributed by atoms with Gasteiger partial charge in [0.25, 0.3) is 5.91 Å². The second kappa shape index (κ2) is 8.75. The lowest BCUT2D eigenvalue weighted by Gasteiger charge is -2.21. The summed E-state index contributed by atoms with van der Waals surface area (Å²) in [5.74, 6) is -1.15. The molecule has 2 atom stereocenters. The number of hydrogen-bond donors (Lipinski definition) is 2. The molecule has 0 aromatic heterocycles. The van der Waals surface area contributed by atoms with E-state index in [2.05, 4.69) is 11.9 Å². The Labute approximate surface area is 102 Å². The van der Waals surface area contributed by atoms with E-state index < -0.39 is 24.1 Å². The summed E-state index contributed by atoms with van der Waals surface area (Å²) in [6, 6.07) is 0. The standard InChI is InChI=1S/C12H21NO4/c1-4-7-9(17-10(14)6-3)11(15)12(16)13-8-5-2/h6,9,11,15H,3-5,7-8H2,1-2H3,(H,13,16). The van der Waals surface area contributed by atoms with Gasteiger partial charge in [-0.25, -0.2) is 4.79 Å². The predicted octanol–water partition coefficient (Wildman–Crippen LogP) is 0.771. The summed E-state index contributed by atoms with van der Waals surface area (Å²) in [6.07, 6.45) is 0.781. The van der Waals surface area contributed by atoms with Crippen molar-refractivity contribution in [2.24, 2.45) is 0 Å². The first-order valence-corrected chi connectivity index (χ1v) is 5.85. The van der Waals surface area contributed by atoms with E-state index in [-0.39, 0.29) is 0 Å². The monoisotopic (exact) mass is 243 g/mol. The van der Waals surface area contributed by atoms with Crippen molar-refractivity contribution in [3.63, 3.8) is 0 Å². The largest absolute Gasteiger partial charge is 0.456 e. The van der Waals surface area contributed by atoms with E-state index in [1.165, 1.54) is 0 Å². The molecule has 0 aromatic rings. The average molecular weight is 243 g/mol. The zero-order chi connectivity index (χ0) is 13.3. The van der Waals surface area contributed by atoms with Crippen molar-refractivity contribution < 1.29 is 19.4 Å². The molecule has 0 fully saturated rings. The topological polar surface area (TPSA) is 75.6 Å². The van der Waals surface area contributed by atoms with Crippen molar-refractivity contribution >= 4 is 11.9 Å². The van der Waals surface area contributed by atoms with Crippen molar-refractivity contribution in [3.8, 4) is 0 Å². The molecular formula is C12H21NO4. The molecule has 0 radical (unpaired) electrons. The van der Waals surface area contributed by atoms with Crippen molar-refractivity contribution in [2.75, 3.05) is 6.54 Å². The number of ether oxygens (including phenoxy) is 1. The molecule has 0 saturated carbocycles. The molecule has 0 spiro atoms. The molecule has 2 N–H and O–H groups in total. The number of esters is 1. The van der Waals surface area contributed by atoms with Crippen molar-refractivity contribution in [2.45, 2.75) is 45.3 Å². The minimum Gasteiger partial charge on any atom is -0.456 e. The van der Waals surface area contributed by atoms with Crippen LogP contribution in [0.25, 0.3) is 0 Å². The number of rotatable bonds is 8. The van der Waals surface area contributed by atoms with E-state index in [9.17, 15) is 14.7 Å². The van der Waals surface area contributed by atoms with E-state index >= 15 is 0 Å². The van der Waals surface area contributed by atoms with E-state index in [4.69, 9.17) is 4.74 Å². The highest BCUT2D eigenvalue weighted by Crippen LogP contribution is 2.08. The van der Waals surface area contributed by atoms with Gasteiger partial charge in [0.2, 0.25) is 0 Å². The molecule has 0 bridgehead atoms. The van der Waals surface area contributed by atoms with Crippen LogP contribution in [0.15, 0.2) is 12.7 Å². The molecular weight excluding hydrogens is 222 g/mol. The van der Waals surface area contributed by atoms with Crippen LogP contribution in [0, 0.1) is 0 Å². The van der Waals surface area contributed by atoms with E-state index in [1.807, 2.05) is 13.8 Å². The zero-order valence-corrected chi connectivity index (χ0v) is 10.4. The van der Waals surface area contributed by atoms with Gasteiger partial charge in [-0.3, -0.25) is 4.79 Å². The molecule has 0 heterocycles. The number of nitrogens with one attached hydrogen (secondary N) is 1. The zero-order valence-electron chi connectivity index (χ0n) is 10.4. The van der Waals surface area contributed by atoms with E-state index in [0.29, 0.717) is 19.4 Å². The number of carbonyl (C=O) groups is 2. The highest BCUT2D eigenvalue weighted by molar-refractivity contribution is 5.84. The Bertz CT molecular complexity index is 265. The van der Waals surface area contributed by atoms with Gasteiger partial charge in [0, 0.05) is 12.6 Å². The quantitative estimate of drug-likeness (QED) is 0.488. The third-order valence-corrected chi connectivity index (χ3v) is 2.18. The first kappa shape index (κ1) is 15.6. The second-order valence-corrected chi connectivity index (χ2v) is 3.70. The molecule has 17 heavy (non-hydrogen) atoms. The van der Waals surface area contributed by atoms with Crippen LogP contribution < -0.4 is 5.32 Å². The Hall–Kier alpha value is -1.36. The molecule has 0 aliphatic heterocycles. The first-order valence-electron chi connectivity index (χ1n) is 5.85. The number of carbonyl (C=O) groups excluding carboxylic acids is 2. The summed E-state index contributed by atoms with van der Waals surface area (Å²) >= 11 is 0. The fraction of sp³-hybridized carbons (Fsp3) is 0.667. The molecule has 5 nitrogen and oxygen atoms in total. The van der Waals surface area contributed by atoms with Gasteiger partial charge in [-0.1, -0.05) is 26.8 Å². The summed E-state index contributed by atoms with van der Waals surface area (Å²) in [4.78, 5) is 22.6. The molecule has 1 amide bonds. The van der Waals surface area contributed by atoms with Crippen LogP contribution in [0.4, 0.5) is 0 Å². The van der Waals surface area contributed by atoms with Crippen molar-refractivity contribution in [1.29, 1.82) is 0 Å². The highest BCUT2D eigenvalue weighted by atomic mass is 16.6. The Morgan fingerprint density at radius 2 is 2.06 bits per heavy atom. The summed E-state index contributed by atoms with van der Waals surface area (Å²) in [6.45, 7) is 7.55. The lowest BCUT2D eigenvalue weighted by atomic mass is 10.1. The minimum absolute atomic E-state index is 0.431. The van der Waals surface area contributed by atoms with E-state index in [1.54, 1.807) is 0 Å². The van der Waals surface area contributed by atoms with Crippen LogP contribution in [0.3, 0.4) is 0 Å². The maximum Gasteiger partial charge on any atom is 0.330 e. The molecule has 0 aliphatic rings. The van der Waals surface area contributed by atoms with Gasteiger partial charge in [0.1, 0.15) is 6.10 Å². The third-order valence-electron chi connectivity index (χ3n) is 2.18. The summed E-state index contributed by atoms with van der Waals surface area (Å²) in [5, 5.41) is 12.3. The summed E-state index contributed by atoms with van der Waals surface area (Å²) in [7, 11) is 0. The van der Waals surface area contributed by atoms with Gasteiger partial charge < -0.3 is 15.2 Å². The fourth-order valence-corrected chi connectivity index (χ4v) is 1.28. The van der Waals surface area contributed by atoms with Gasteiger partial charge >= 0.3 is 5.97 Å². The molecule has 5 heteroatoms. The maximum absolute atomic E-state index is 11.5. The van der Waals surface area contributed by atoms with Crippen LogP contribution >= 0.6 is 0 Å². The molecule has 0 aromatic carbocycles. The SMILES string of the molecule is C=CC(=O)OC(CCC)C(O)C(=O)NCCC. The Morgan fingerprint density at radius 3 is 2.53 bits per heavy atom. The van der Waals surface area contributed by atoms with Gasteiger partial charge in [0.15, 0.2) is 6.10 Å². The normalized spacial score (nSPS) is 13.6. The second-order valence-electron chi connectivity index (χ2n) is 3.70. The van der Waals surface area contributed by atoms with Gasteiger partial charge in [-0.2, -0.15) is 0 Å². The average Bonchev–Trinajstić information content (AvgIpc) is 2.34. The van der Waals surface area contributed by atoms with Crippen LogP contribution in [0.1, 0.15) is 33.1 Å². The highest BCUT2D eigenvalue weighted by Gasteiger charge is 2.27. The lowest BCUT2D eigenvalue weighted by molar-refractivity contribution is -0.154. The van der Waals surface area contributed by atoms with Gasteiger partial charge in [-0.15, -0.1) is 0 Å². The fourth-order valence-electron chi connectivity index (χ4n) is 1.28.